The number of aliphatic hydroxyl groups excluding tert-OH is 2. The van der Waals surface area contributed by atoms with Crippen LogP contribution in [0.15, 0.2) is 15.6 Å². The lowest BCUT2D eigenvalue weighted by Gasteiger charge is -2.10. The zero-order chi connectivity index (χ0) is 10.7. The molecule has 0 saturated heterocycles. The first-order chi connectivity index (χ1) is 6.56. The smallest absolute Gasteiger partial charge is 0.267 e. The quantitative estimate of drug-likeness (QED) is 0.782. The van der Waals surface area contributed by atoms with Crippen LogP contribution in [0.4, 0.5) is 0 Å². The Morgan fingerprint density at radius 3 is 2.93 bits per heavy atom. The molecule has 1 heterocycles. The number of aliphatic hydroxyl groups is 2. The normalized spacial score (nSPS) is 12.9. The van der Waals surface area contributed by atoms with E-state index in [4.69, 9.17) is 10.2 Å². The van der Waals surface area contributed by atoms with E-state index < -0.39 is 6.10 Å². The maximum absolute atomic E-state index is 11.5. The van der Waals surface area contributed by atoms with Crippen LogP contribution in [0.1, 0.15) is 5.69 Å². The van der Waals surface area contributed by atoms with E-state index in [0.29, 0.717) is 10.2 Å². The average Bonchev–Trinajstić information content (AvgIpc) is 2.19. The third kappa shape index (κ3) is 2.40. The maximum atomic E-state index is 11.5. The summed E-state index contributed by atoms with van der Waals surface area (Å²) in [7, 11) is 0. The third-order valence-electron chi connectivity index (χ3n) is 1.78. The van der Waals surface area contributed by atoms with E-state index >= 15 is 0 Å². The van der Waals surface area contributed by atoms with Crippen LogP contribution in [0.5, 0.6) is 0 Å². The summed E-state index contributed by atoms with van der Waals surface area (Å²) in [6.07, 6.45) is 0.408. The minimum absolute atomic E-state index is 0.0429. The molecule has 1 unspecified atom stereocenters. The van der Waals surface area contributed by atoms with E-state index in [0.717, 1.165) is 0 Å². The molecule has 0 amide bonds. The Kier molecular flexibility index (Phi) is 3.79. The molecule has 0 aliphatic carbocycles. The molecule has 5 nitrogen and oxygen atoms in total. The zero-order valence-corrected chi connectivity index (χ0v) is 9.23. The molecule has 0 saturated carbocycles. The molecule has 14 heavy (non-hydrogen) atoms. The van der Waals surface area contributed by atoms with Crippen molar-refractivity contribution in [3.8, 4) is 0 Å². The van der Waals surface area contributed by atoms with Gasteiger partial charge < -0.3 is 10.2 Å². The maximum Gasteiger partial charge on any atom is 0.267 e. The second kappa shape index (κ2) is 4.68. The van der Waals surface area contributed by atoms with Gasteiger partial charge in [0.1, 0.15) is 4.47 Å². The van der Waals surface area contributed by atoms with Crippen molar-refractivity contribution in [3.63, 3.8) is 0 Å². The van der Waals surface area contributed by atoms with Crippen LogP contribution in [0.25, 0.3) is 0 Å². The molecule has 0 aliphatic rings. The number of nitrogens with zero attached hydrogens (tertiary/aromatic N) is 2. The van der Waals surface area contributed by atoms with Crippen molar-refractivity contribution in [1.82, 2.24) is 9.55 Å². The summed E-state index contributed by atoms with van der Waals surface area (Å²) >= 11 is 3.10. The van der Waals surface area contributed by atoms with E-state index in [1.807, 2.05) is 0 Å². The Labute approximate surface area is 89.2 Å². The number of halogens is 1. The van der Waals surface area contributed by atoms with Gasteiger partial charge in [-0.2, -0.15) is 0 Å². The lowest BCUT2D eigenvalue weighted by atomic mass is 10.3. The number of rotatable bonds is 3. The van der Waals surface area contributed by atoms with Gasteiger partial charge in [-0.1, -0.05) is 0 Å². The lowest BCUT2D eigenvalue weighted by molar-refractivity contribution is 0.0800. The lowest BCUT2D eigenvalue weighted by Crippen LogP contribution is -2.29. The van der Waals surface area contributed by atoms with Crippen LogP contribution in [0, 0.1) is 6.92 Å². The molecule has 0 bridgehead atoms. The van der Waals surface area contributed by atoms with Crippen LogP contribution < -0.4 is 5.56 Å². The van der Waals surface area contributed by atoms with Crippen molar-refractivity contribution in [2.24, 2.45) is 0 Å². The van der Waals surface area contributed by atoms with Gasteiger partial charge in [-0.15, -0.1) is 0 Å². The van der Waals surface area contributed by atoms with Crippen molar-refractivity contribution < 1.29 is 10.2 Å². The summed E-state index contributed by atoms with van der Waals surface area (Å²) < 4.78 is 1.63. The van der Waals surface area contributed by atoms with E-state index in [2.05, 4.69) is 20.9 Å². The van der Waals surface area contributed by atoms with Crippen LogP contribution in [-0.2, 0) is 6.54 Å². The molecule has 6 heteroatoms. The fourth-order valence-electron chi connectivity index (χ4n) is 0.961. The second-order valence-electron chi connectivity index (χ2n) is 2.94. The molecule has 1 rings (SSSR count). The number of hydrogen-bond acceptors (Lipinski definition) is 4. The Bertz CT molecular complexity index is 377. The number of aryl methyl sites for hydroxylation is 1. The van der Waals surface area contributed by atoms with Gasteiger partial charge in [0.15, 0.2) is 0 Å². The molecule has 0 aromatic carbocycles. The SMILES string of the molecule is Cc1ncn(CC(O)CO)c(=O)c1Br. The van der Waals surface area contributed by atoms with Crippen molar-refractivity contribution in [1.29, 1.82) is 0 Å². The van der Waals surface area contributed by atoms with Crippen LogP contribution in [0.3, 0.4) is 0 Å². The van der Waals surface area contributed by atoms with Crippen LogP contribution >= 0.6 is 15.9 Å². The van der Waals surface area contributed by atoms with E-state index in [1.54, 1.807) is 6.92 Å². The highest BCUT2D eigenvalue weighted by atomic mass is 79.9. The van der Waals surface area contributed by atoms with E-state index in [1.165, 1.54) is 10.9 Å². The first kappa shape index (κ1) is 11.4. The fourth-order valence-corrected chi connectivity index (χ4v) is 1.29. The first-order valence-corrected chi connectivity index (χ1v) is 4.86. The van der Waals surface area contributed by atoms with Gasteiger partial charge >= 0.3 is 0 Å². The molecule has 0 aliphatic heterocycles. The highest BCUT2D eigenvalue weighted by Crippen LogP contribution is 2.06. The summed E-state index contributed by atoms with van der Waals surface area (Å²) in [4.78, 5) is 15.5. The molecule has 1 aromatic heterocycles. The molecule has 2 N–H and O–H groups in total. The standard InChI is InChI=1S/C8H11BrN2O3/c1-5-7(9)8(14)11(4-10-5)2-6(13)3-12/h4,6,12-13H,2-3H2,1H3. The molecular weight excluding hydrogens is 252 g/mol. The average molecular weight is 263 g/mol. The topological polar surface area (TPSA) is 75.3 Å². The Balaban J connectivity index is 3.00. The van der Waals surface area contributed by atoms with E-state index in [9.17, 15) is 4.79 Å². The molecule has 1 aromatic rings. The van der Waals surface area contributed by atoms with Gasteiger partial charge in [0.2, 0.25) is 0 Å². The van der Waals surface area contributed by atoms with Gasteiger partial charge in [-0.3, -0.25) is 9.36 Å². The van der Waals surface area contributed by atoms with Crippen molar-refractivity contribution in [2.45, 2.75) is 19.6 Å². The van der Waals surface area contributed by atoms with Gasteiger partial charge in [-0.25, -0.2) is 4.98 Å². The van der Waals surface area contributed by atoms with Crippen LogP contribution in [-0.4, -0.2) is 32.5 Å². The zero-order valence-electron chi connectivity index (χ0n) is 7.64. The Morgan fingerprint density at radius 1 is 1.71 bits per heavy atom. The largest absolute Gasteiger partial charge is 0.394 e. The summed E-state index contributed by atoms with van der Waals surface area (Å²) in [6.45, 7) is 1.37. The fraction of sp³-hybridized carbons (Fsp3) is 0.500. The van der Waals surface area contributed by atoms with Crippen molar-refractivity contribution >= 4 is 15.9 Å². The molecule has 78 valence electrons. The predicted molar refractivity (Wildman–Crippen MR) is 54.0 cm³/mol. The van der Waals surface area contributed by atoms with Gasteiger partial charge in [0, 0.05) is 0 Å². The molecule has 1 atom stereocenters. The molecule has 0 spiro atoms. The summed E-state index contributed by atoms with van der Waals surface area (Å²) in [5, 5.41) is 17.8. The molecule has 0 radical (unpaired) electrons. The minimum atomic E-state index is -0.941. The van der Waals surface area contributed by atoms with Gasteiger partial charge in [0.25, 0.3) is 5.56 Å². The second-order valence-corrected chi connectivity index (χ2v) is 3.73. The Morgan fingerprint density at radius 2 is 2.36 bits per heavy atom. The highest BCUT2D eigenvalue weighted by molar-refractivity contribution is 9.10. The first-order valence-electron chi connectivity index (χ1n) is 4.06. The van der Waals surface area contributed by atoms with Gasteiger partial charge in [0.05, 0.1) is 31.3 Å². The number of aromatic nitrogens is 2. The van der Waals surface area contributed by atoms with Crippen LogP contribution in [0.2, 0.25) is 0 Å². The van der Waals surface area contributed by atoms with E-state index in [-0.39, 0.29) is 18.7 Å². The van der Waals surface area contributed by atoms with Crippen molar-refractivity contribution in [3.05, 3.63) is 26.8 Å². The summed E-state index contributed by atoms with van der Waals surface area (Å²) in [5.74, 6) is 0. The van der Waals surface area contributed by atoms with Crippen molar-refractivity contribution in [2.75, 3.05) is 6.61 Å². The summed E-state index contributed by atoms with van der Waals surface area (Å²) in [5.41, 5.74) is 0.342. The molecule has 0 fully saturated rings. The Hall–Kier alpha value is -0.720. The molecular formula is C8H11BrN2O3. The predicted octanol–water partition coefficient (Wildman–Crippen LogP) is -0.333. The minimum Gasteiger partial charge on any atom is -0.394 e. The monoisotopic (exact) mass is 262 g/mol. The number of hydrogen-bond donors (Lipinski definition) is 2. The highest BCUT2D eigenvalue weighted by Gasteiger charge is 2.08. The third-order valence-corrected chi connectivity index (χ3v) is 2.69. The summed E-state index contributed by atoms with van der Waals surface area (Å²) in [6, 6.07) is 0. The van der Waals surface area contributed by atoms with Gasteiger partial charge in [-0.05, 0) is 22.9 Å².